The van der Waals surface area contributed by atoms with Crippen LogP contribution in [0.15, 0.2) is 36.4 Å². The van der Waals surface area contributed by atoms with E-state index in [1.165, 1.54) is 0 Å². The summed E-state index contributed by atoms with van der Waals surface area (Å²) in [5.41, 5.74) is 1.22. The molecule has 23 heavy (non-hydrogen) atoms. The summed E-state index contributed by atoms with van der Waals surface area (Å²) in [5.74, 6) is -0.128. The number of amides is 2. The molecule has 0 radical (unpaired) electrons. The lowest BCUT2D eigenvalue weighted by Gasteiger charge is -2.25. The Morgan fingerprint density at radius 2 is 1.91 bits per heavy atom. The molecule has 0 aliphatic heterocycles. The largest absolute Gasteiger partial charge is 0.351 e. The van der Waals surface area contributed by atoms with Gasteiger partial charge in [-0.3, -0.25) is 9.59 Å². The van der Waals surface area contributed by atoms with Crippen LogP contribution in [0.4, 0.5) is 0 Å². The second kappa shape index (κ2) is 7.72. The average molecular weight is 313 g/mol. The molecule has 122 valence electrons. The van der Waals surface area contributed by atoms with Crippen molar-refractivity contribution >= 4 is 22.7 Å². The van der Waals surface area contributed by atoms with Gasteiger partial charge in [0.1, 0.15) is 5.69 Å². The van der Waals surface area contributed by atoms with Crippen LogP contribution in [-0.2, 0) is 4.79 Å². The third-order valence-electron chi connectivity index (χ3n) is 3.72. The van der Waals surface area contributed by atoms with Crippen LogP contribution in [0.1, 0.15) is 37.7 Å². The molecule has 0 bridgehead atoms. The fourth-order valence-electron chi connectivity index (χ4n) is 2.51. The summed E-state index contributed by atoms with van der Waals surface area (Å²) in [7, 11) is 0. The summed E-state index contributed by atoms with van der Waals surface area (Å²) in [4.78, 5) is 29.8. The smallest absolute Gasteiger partial charge is 0.269 e. The molecule has 1 aromatic carbocycles. The number of hydrogen-bond donors (Lipinski definition) is 1. The molecule has 5 nitrogen and oxygen atoms in total. The Morgan fingerprint density at radius 1 is 1.17 bits per heavy atom. The maximum absolute atomic E-state index is 12.1. The standard InChI is InChI=1S/C18H23N3O2/c1-13(2)21(14(3)22)12-6-11-19-18(23)17-10-9-15-7-4-5-8-16(15)20-17/h4-5,7-10,13H,6,11-12H2,1-3H3,(H,19,23). The highest BCUT2D eigenvalue weighted by Gasteiger charge is 2.12. The summed E-state index contributed by atoms with van der Waals surface area (Å²) < 4.78 is 0. The Morgan fingerprint density at radius 3 is 2.61 bits per heavy atom. The normalized spacial score (nSPS) is 10.8. The maximum atomic E-state index is 12.1. The summed E-state index contributed by atoms with van der Waals surface area (Å²) in [6.45, 7) is 6.69. The highest BCUT2D eigenvalue weighted by atomic mass is 16.2. The predicted molar refractivity (Wildman–Crippen MR) is 91.2 cm³/mol. The lowest BCUT2D eigenvalue weighted by Crippen LogP contribution is -2.37. The van der Waals surface area contributed by atoms with Crippen molar-refractivity contribution in [3.05, 3.63) is 42.1 Å². The number of hydrogen-bond acceptors (Lipinski definition) is 3. The molecule has 1 aromatic heterocycles. The van der Waals surface area contributed by atoms with Crippen molar-refractivity contribution in [1.82, 2.24) is 15.2 Å². The Balaban J connectivity index is 1.87. The topological polar surface area (TPSA) is 62.3 Å². The van der Waals surface area contributed by atoms with Gasteiger partial charge < -0.3 is 10.2 Å². The zero-order valence-corrected chi connectivity index (χ0v) is 13.9. The molecule has 0 atom stereocenters. The van der Waals surface area contributed by atoms with E-state index in [2.05, 4.69) is 10.3 Å². The van der Waals surface area contributed by atoms with Gasteiger partial charge in [-0.2, -0.15) is 0 Å². The molecule has 1 heterocycles. The molecule has 0 saturated carbocycles. The van der Waals surface area contributed by atoms with Gasteiger partial charge in [0.2, 0.25) is 5.91 Å². The first kappa shape index (κ1) is 16.9. The van der Waals surface area contributed by atoms with E-state index in [-0.39, 0.29) is 17.9 Å². The van der Waals surface area contributed by atoms with Crippen molar-refractivity contribution in [3.63, 3.8) is 0 Å². The molecule has 2 aromatic rings. The molecule has 0 unspecified atom stereocenters. The van der Waals surface area contributed by atoms with E-state index < -0.39 is 0 Å². The molecule has 0 saturated heterocycles. The minimum absolute atomic E-state index is 0.0579. The van der Waals surface area contributed by atoms with Crippen LogP contribution >= 0.6 is 0 Å². The molecule has 0 aliphatic rings. The van der Waals surface area contributed by atoms with Gasteiger partial charge in [-0.05, 0) is 32.4 Å². The highest BCUT2D eigenvalue weighted by molar-refractivity contribution is 5.94. The second-order valence-corrected chi connectivity index (χ2v) is 5.80. The number of carbonyl (C=O) groups is 2. The zero-order valence-electron chi connectivity index (χ0n) is 13.9. The molecule has 2 amide bonds. The van der Waals surface area contributed by atoms with E-state index in [0.717, 1.165) is 17.3 Å². The number of carbonyl (C=O) groups excluding carboxylic acids is 2. The van der Waals surface area contributed by atoms with Crippen molar-refractivity contribution in [2.24, 2.45) is 0 Å². The number of pyridine rings is 1. The van der Waals surface area contributed by atoms with Crippen molar-refractivity contribution in [1.29, 1.82) is 0 Å². The lowest BCUT2D eigenvalue weighted by atomic mass is 10.2. The number of benzene rings is 1. The fourth-order valence-corrected chi connectivity index (χ4v) is 2.51. The van der Waals surface area contributed by atoms with E-state index in [1.54, 1.807) is 17.9 Å². The van der Waals surface area contributed by atoms with Gasteiger partial charge in [0, 0.05) is 31.4 Å². The van der Waals surface area contributed by atoms with Gasteiger partial charge in [0.05, 0.1) is 5.52 Å². The summed E-state index contributed by atoms with van der Waals surface area (Å²) in [6.07, 6.45) is 0.719. The molecule has 0 aliphatic carbocycles. The summed E-state index contributed by atoms with van der Waals surface area (Å²) in [5, 5.41) is 3.87. The van der Waals surface area contributed by atoms with Crippen LogP contribution in [0.5, 0.6) is 0 Å². The van der Waals surface area contributed by atoms with E-state index in [4.69, 9.17) is 0 Å². The molecule has 0 fully saturated rings. The van der Waals surface area contributed by atoms with E-state index in [0.29, 0.717) is 18.8 Å². The molecule has 0 spiro atoms. The second-order valence-electron chi connectivity index (χ2n) is 5.80. The van der Waals surface area contributed by atoms with Crippen molar-refractivity contribution in [2.75, 3.05) is 13.1 Å². The van der Waals surface area contributed by atoms with Crippen LogP contribution in [-0.4, -0.2) is 40.8 Å². The minimum Gasteiger partial charge on any atom is -0.351 e. The average Bonchev–Trinajstić information content (AvgIpc) is 2.53. The molecule has 5 heteroatoms. The van der Waals surface area contributed by atoms with Crippen LogP contribution in [0.2, 0.25) is 0 Å². The Bertz CT molecular complexity index is 697. The summed E-state index contributed by atoms with van der Waals surface area (Å²) >= 11 is 0. The summed E-state index contributed by atoms with van der Waals surface area (Å²) in [6, 6.07) is 11.5. The third kappa shape index (κ3) is 4.52. The first-order chi connectivity index (χ1) is 11.0. The Labute approximate surface area is 136 Å². The third-order valence-corrected chi connectivity index (χ3v) is 3.72. The van der Waals surface area contributed by atoms with E-state index in [9.17, 15) is 9.59 Å². The van der Waals surface area contributed by atoms with Crippen LogP contribution in [0.3, 0.4) is 0 Å². The lowest BCUT2D eigenvalue weighted by molar-refractivity contribution is -0.130. The number of rotatable bonds is 6. The number of para-hydroxylation sites is 1. The van der Waals surface area contributed by atoms with Crippen LogP contribution in [0, 0.1) is 0 Å². The number of aromatic nitrogens is 1. The molecular weight excluding hydrogens is 290 g/mol. The number of nitrogens with one attached hydrogen (secondary N) is 1. The molecule has 2 rings (SSSR count). The quantitative estimate of drug-likeness (QED) is 0.834. The number of nitrogens with zero attached hydrogens (tertiary/aromatic N) is 2. The van der Waals surface area contributed by atoms with Gasteiger partial charge >= 0.3 is 0 Å². The Kier molecular flexibility index (Phi) is 5.68. The fraction of sp³-hybridized carbons (Fsp3) is 0.389. The van der Waals surface area contributed by atoms with Gasteiger partial charge in [-0.15, -0.1) is 0 Å². The van der Waals surface area contributed by atoms with E-state index >= 15 is 0 Å². The Hall–Kier alpha value is -2.43. The first-order valence-corrected chi connectivity index (χ1v) is 7.90. The minimum atomic E-state index is -0.185. The van der Waals surface area contributed by atoms with Crippen molar-refractivity contribution < 1.29 is 9.59 Å². The zero-order chi connectivity index (χ0) is 16.8. The molecular formula is C18H23N3O2. The first-order valence-electron chi connectivity index (χ1n) is 7.90. The highest BCUT2D eigenvalue weighted by Crippen LogP contribution is 2.11. The number of fused-ring (bicyclic) bond motifs is 1. The van der Waals surface area contributed by atoms with Crippen molar-refractivity contribution in [2.45, 2.75) is 33.2 Å². The maximum Gasteiger partial charge on any atom is 0.269 e. The van der Waals surface area contributed by atoms with E-state index in [1.807, 2.05) is 44.2 Å². The van der Waals surface area contributed by atoms with Gasteiger partial charge in [0.15, 0.2) is 0 Å². The van der Waals surface area contributed by atoms with Gasteiger partial charge in [-0.25, -0.2) is 4.98 Å². The monoisotopic (exact) mass is 313 g/mol. The predicted octanol–water partition coefficient (Wildman–Crippen LogP) is 2.61. The van der Waals surface area contributed by atoms with Crippen LogP contribution in [0.25, 0.3) is 10.9 Å². The van der Waals surface area contributed by atoms with Gasteiger partial charge in [0.25, 0.3) is 5.91 Å². The van der Waals surface area contributed by atoms with Crippen LogP contribution < -0.4 is 5.32 Å². The van der Waals surface area contributed by atoms with Gasteiger partial charge in [-0.1, -0.05) is 24.3 Å². The molecule has 1 N–H and O–H groups in total. The van der Waals surface area contributed by atoms with Crippen molar-refractivity contribution in [3.8, 4) is 0 Å². The SMILES string of the molecule is CC(=O)N(CCCNC(=O)c1ccc2ccccc2n1)C(C)C.